The first-order chi connectivity index (χ1) is 14.7. The number of hydrogen-bond donors (Lipinski definition) is 6. The number of aromatic hydroxyl groups is 6. The predicted octanol–water partition coefficient (Wildman–Crippen LogP) is 4.12. The van der Waals surface area contributed by atoms with Gasteiger partial charge in [-0.1, -0.05) is 33.1 Å². The average molecular weight is 429 g/mol. The minimum atomic E-state index is -0.854. The van der Waals surface area contributed by atoms with Gasteiger partial charge in [0.2, 0.25) is 5.43 Å². The zero-order valence-electron chi connectivity index (χ0n) is 17.5. The molecule has 0 aliphatic heterocycles. The fourth-order valence-corrected chi connectivity index (χ4v) is 3.92. The number of aromatic nitrogens is 1. The molecule has 0 amide bonds. The van der Waals surface area contributed by atoms with E-state index >= 15 is 0 Å². The third kappa shape index (κ3) is 4.05. The Morgan fingerprint density at radius 3 is 2.10 bits per heavy atom. The van der Waals surface area contributed by atoms with Gasteiger partial charge in [0.25, 0.3) is 0 Å². The molecule has 0 saturated heterocycles. The Hall–Kier alpha value is -3.55. The fourth-order valence-electron chi connectivity index (χ4n) is 3.92. The van der Waals surface area contributed by atoms with E-state index in [-0.39, 0.29) is 33.8 Å². The van der Waals surface area contributed by atoms with Gasteiger partial charge >= 0.3 is 0 Å². The fraction of sp³-hybridized carbons (Fsp3) is 0.348. The summed E-state index contributed by atoms with van der Waals surface area (Å²) in [6.45, 7) is 4.45. The van der Waals surface area contributed by atoms with E-state index in [9.17, 15) is 35.4 Å². The first kappa shape index (κ1) is 22.1. The molecule has 2 aromatic carbocycles. The maximum Gasteiger partial charge on any atom is 0.235 e. The summed E-state index contributed by atoms with van der Waals surface area (Å²) in [7, 11) is 0. The summed E-state index contributed by atoms with van der Waals surface area (Å²) in [6, 6.07) is 4.61. The van der Waals surface area contributed by atoms with Crippen molar-refractivity contribution < 1.29 is 30.6 Å². The monoisotopic (exact) mass is 429 g/mol. The minimum Gasteiger partial charge on any atom is -0.508 e. The van der Waals surface area contributed by atoms with E-state index < -0.39 is 34.2 Å². The lowest BCUT2D eigenvalue weighted by Gasteiger charge is -2.24. The van der Waals surface area contributed by atoms with E-state index in [4.69, 9.17) is 0 Å². The number of phenolic OH excluding ortho intramolecular Hbond substituents is 5. The lowest BCUT2D eigenvalue weighted by molar-refractivity contribution is 0.368. The van der Waals surface area contributed by atoms with Crippen molar-refractivity contribution in [3.63, 3.8) is 0 Å². The van der Waals surface area contributed by atoms with Crippen LogP contribution in [0.3, 0.4) is 0 Å². The molecule has 1 atom stereocenters. The maximum absolute atomic E-state index is 12.9. The van der Waals surface area contributed by atoms with E-state index in [1.807, 2.05) is 6.92 Å². The normalized spacial score (nSPS) is 12.3. The second-order valence-corrected chi connectivity index (χ2v) is 7.78. The molecule has 1 heterocycles. The van der Waals surface area contributed by atoms with E-state index in [1.54, 1.807) is 4.57 Å². The lowest BCUT2D eigenvalue weighted by Crippen LogP contribution is -2.18. The summed E-state index contributed by atoms with van der Waals surface area (Å²) in [5, 5.41) is 60.7. The smallest absolute Gasteiger partial charge is 0.235 e. The predicted molar refractivity (Wildman–Crippen MR) is 117 cm³/mol. The molecule has 0 fully saturated rings. The zero-order chi connectivity index (χ0) is 22.9. The summed E-state index contributed by atoms with van der Waals surface area (Å²) >= 11 is 0. The van der Waals surface area contributed by atoms with Crippen LogP contribution in [-0.4, -0.2) is 35.2 Å². The Morgan fingerprint density at radius 1 is 0.871 bits per heavy atom. The Balaban J connectivity index is 2.40. The number of rotatable bonds is 7. The van der Waals surface area contributed by atoms with E-state index in [0.29, 0.717) is 6.54 Å². The second-order valence-electron chi connectivity index (χ2n) is 7.78. The quantitative estimate of drug-likeness (QED) is 0.310. The zero-order valence-corrected chi connectivity index (χ0v) is 17.5. The molecule has 3 rings (SSSR count). The van der Waals surface area contributed by atoms with Gasteiger partial charge in [0.1, 0.15) is 11.5 Å². The highest BCUT2D eigenvalue weighted by atomic mass is 16.3. The first-order valence-corrected chi connectivity index (χ1v) is 10.3. The number of pyridine rings is 1. The van der Waals surface area contributed by atoms with Crippen molar-refractivity contribution in [2.45, 2.75) is 46.1 Å². The summed E-state index contributed by atoms with van der Waals surface area (Å²) in [4.78, 5) is 12.9. The van der Waals surface area contributed by atoms with Gasteiger partial charge in [-0.2, -0.15) is 0 Å². The van der Waals surface area contributed by atoms with Crippen LogP contribution in [0.4, 0.5) is 0 Å². The molecule has 0 spiro atoms. The van der Waals surface area contributed by atoms with Gasteiger partial charge in [-0.15, -0.1) is 0 Å². The summed E-state index contributed by atoms with van der Waals surface area (Å²) < 4.78 is 1.60. The van der Waals surface area contributed by atoms with Crippen LogP contribution in [0, 0.1) is 5.92 Å². The van der Waals surface area contributed by atoms with Crippen molar-refractivity contribution in [1.82, 2.24) is 4.57 Å². The van der Waals surface area contributed by atoms with Crippen molar-refractivity contribution in [2.75, 3.05) is 0 Å². The standard InChI is InChI=1S/C23H27NO7/c1-3-5-6-12(4-2)11-24-15-9-14(25)10-16(26)19(15)22(30)23(31)20(24)13-7-17(27)21(29)18(28)8-13/h7-10,12,25-29,31H,3-6,11H2,1-2H3. The molecular formula is C23H27NO7. The third-order valence-corrected chi connectivity index (χ3v) is 5.64. The summed E-state index contributed by atoms with van der Waals surface area (Å²) in [5.74, 6) is -3.20. The molecule has 1 aromatic heterocycles. The molecule has 31 heavy (non-hydrogen) atoms. The van der Waals surface area contributed by atoms with Gasteiger partial charge in [-0.25, -0.2) is 0 Å². The average Bonchev–Trinajstić information content (AvgIpc) is 2.71. The number of phenols is 5. The largest absolute Gasteiger partial charge is 0.508 e. The van der Waals surface area contributed by atoms with Crippen molar-refractivity contribution in [3.05, 3.63) is 34.5 Å². The molecule has 0 aliphatic rings. The van der Waals surface area contributed by atoms with E-state index in [0.717, 1.165) is 43.9 Å². The number of nitrogens with zero attached hydrogens (tertiary/aromatic N) is 1. The van der Waals surface area contributed by atoms with Gasteiger partial charge in [0.15, 0.2) is 23.0 Å². The molecule has 166 valence electrons. The molecule has 8 nitrogen and oxygen atoms in total. The van der Waals surface area contributed by atoms with Crippen LogP contribution in [0.2, 0.25) is 0 Å². The van der Waals surface area contributed by atoms with Crippen LogP contribution in [0.1, 0.15) is 39.5 Å². The SMILES string of the molecule is CCCCC(CC)Cn1c(-c2cc(O)c(O)c(O)c2)c(O)c(=O)c2c(O)cc(O)cc21. The van der Waals surface area contributed by atoms with E-state index in [2.05, 4.69) is 6.92 Å². The molecule has 3 aromatic rings. The molecule has 0 saturated carbocycles. The van der Waals surface area contributed by atoms with Crippen molar-refractivity contribution in [2.24, 2.45) is 5.92 Å². The lowest BCUT2D eigenvalue weighted by atomic mass is 9.97. The van der Waals surface area contributed by atoms with Gasteiger partial charge in [0, 0.05) is 24.2 Å². The highest BCUT2D eigenvalue weighted by Gasteiger charge is 2.24. The molecule has 0 radical (unpaired) electrons. The Bertz CT molecular complexity index is 1160. The van der Waals surface area contributed by atoms with Crippen molar-refractivity contribution in [1.29, 1.82) is 0 Å². The Morgan fingerprint density at radius 2 is 1.52 bits per heavy atom. The summed E-state index contributed by atoms with van der Waals surface area (Å²) in [6.07, 6.45) is 3.68. The van der Waals surface area contributed by atoms with Gasteiger partial charge in [-0.05, 0) is 24.5 Å². The number of unbranched alkanes of at least 4 members (excludes halogenated alkanes) is 1. The van der Waals surface area contributed by atoms with Crippen LogP contribution in [-0.2, 0) is 6.54 Å². The van der Waals surface area contributed by atoms with Gasteiger partial charge in [-0.3, -0.25) is 4.79 Å². The molecule has 1 unspecified atom stereocenters. The Labute approximate surface area is 178 Å². The topological polar surface area (TPSA) is 143 Å². The van der Waals surface area contributed by atoms with Crippen LogP contribution < -0.4 is 5.43 Å². The van der Waals surface area contributed by atoms with Gasteiger partial charge < -0.3 is 35.2 Å². The van der Waals surface area contributed by atoms with Crippen LogP contribution in [0.15, 0.2) is 29.1 Å². The minimum absolute atomic E-state index is 0.00282. The van der Waals surface area contributed by atoms with Crippen LogP contribution in [0.25, 0.3) is 22.2 Å². The number of fused-ring (bicyclic) bond motifs is 1. The number of hydrogen-bond acceptors (Lipinski definition) is 7. The molecule has 0 aliphatic carbocycles. The maximum atomic E-state index is 12.9. The second kappa shape index (κ2) is 8.67. The van der Waals surface area contributed by atoms with Crippen molar-refractivity contribution in [3.8, 4) is 45.8 Å². The summed E-state index contributed by atoms with van der Waals surface area (Å²) in [5.41, 5.74) is -0.551. The Kier molecular flexibility index (Phi) is 6.19. The van der Waals surface area contributed by atoms with Gasteiger partial charge in [0.05, 0.1) is 16.6 Å². The molecule has 6 N–H and O–H groups in total. The molecule has 8 heteroatoms. The highest BCUT2D eigenvalue weighted by molar-refractivity contribution is 5.91. The number of benzene rings is 2. The first-order valence-electron chi connectivity index (χ1n) is 10.3. The van der Waals surface area contributed by atoms with Crippen molar-refractivity contribution >= 4 is 10.9 Å². The molecular weight excluding hydrogens is 402 g/mol. The highest BCUT2D eigenvalue weighted by Crippen LogP contribution is 2.42. The van der Waals surface area contributed by atoms with Crippen LogP contribution >= 0.6 is 0 Å². The third-order valence-electron chi connectivity index (χ3n) is 5.64. The van der Waals surface area contributed by atoms with E-state index in [1.165, 1.54) is 6.07 Å². The molecule has 0 bridgehead atoms. The van der Waals surface area contributed by atoms with Crippen LogP contribution in [0.5, 0.6) is 34.5 Å².